The minimum Gasteiger partial charge on any atom is -0.310 e. The van der Waals surface area contributed by atoms with Crippen LogP contribution >= 0.6 is 0 Å². The first-order valence-electron chi connectivity index (χ1n) is 26.2. The van der Waals surface area contributed by atoms with E-state index in [9.17, 15) is 0 Å². The lowest BCUT2D eigenvalue weighted by Crippen LogP contribution is -2.19. The summed E-state index contributed by atoms with van der Waals surface area (Å²) < 4.78 is 0. The highest BCUT2D eigenvalue weighted by atomic mass is 15.2. The van der Waals surface area contributed by atoms with Crippen LogP contribution in [0, 0.1) is 0 Å². The van der Waals surface area contributed by atoms with Crippen LogP contribution in [0.1, 0.15) is 79.0 Å². The van der Waals surface area contributed by atoms with Crippen molar-refractivity contribution < 1.29 is 0 Å². The molecule has 10 rings (SSSR count). The number of benzene rings is 10. The van der Waals surface area contributed by atoms with Crippen LogP contribution in [0.5, 0.6) is 0 Å². The molecule has 0 bridgehead atoms. The van der Waals surface area contributed by atoms with Gasteiger partial charge in [-0.3, -0.25) is 0 Å². The van der Waals surface area contributed by atoms with Crippen LogP contribution in [0.3, 0.4) is 0 Å². The van der Waals surface area contributed by atoms with Crippen molar-refractivity contribution in [2.45, 2.75) is 78.6 Å². The van der Waals surface area contributed by atoms with Crippen molar-refractivity contribution in [2.24, 2.45) is 0 Å². The first-order valence-corrected chi connectivity index (χ1v) is 26.2. The number of rotatable bonds is 11. The Morgan fingerprint density at radius 1 is 0.230 bits per heavy atom. The lowest BCUT2D eigenvalue weighted by molar-refractivity contribution is 0.590. The molecule has 0 aliphatic carbocycles. The molecule has 0 unspecified atom stereocenters. The van der Waals surface area contributed by atoms with E-state index in [4.69, 9.17) is 0 Å². The maximum absolute atomic E-state index is 2.54. The molecule has 0 aliphatic rings. The lowest BCUT2D eigenvalue weighted by Gasteiger charge is -2.35. The zero-order valence-electron chi connectivity index (χ0n) is 44.6. The molecule has 0 aromatic heterocycles. The van der Waals surface area contributed by atoms with E-state index in [1.54, 1.807) is 0 Å². The fourth-order valence-corrected chi connectivity index (χ4v) is 10.0. The summed E-state index contributed by atoms with van der Waals surface area (Å²) in [5.74, 6) is 0. The van der Waals surface area contributed by atoms with Crippen LogP contribution < -0.4 is 9.80 Å². The predicted octanol–water partition coefficient (Wildman–Crippen LogP) is 20.9. The van der Waals surface area contributed by atoms with Crippen molar-refractivity contribution in [3.8, 4) is 55.6 Å². The average Bonchev–Trinajstić information content (AvgIpc) is 3.42. The van der Waals surface area contributed by atoms with E-state index in [2.05, 4.69) is 321 Å². The van der Waals surface area contributed by atoms with E-state index in [1.165, 1.54) is 61.2 Å². The summed E-state index contributed by atoms with van der Waals surface area (Å²) in [5.41, 5.74) is 21.6. The second-order valence-corrected chi connectivity index (χ2v) is 22.7. The van der Waals surface area contributed by atoms with Crippen molar-refractivity contribution >= 4 is 34.1 Å². The minimum atomic E-state index is -0.227. The van der Waals surface area contributed by atoms with Crippen LogP contribution in [-0.4, -0.2) is 0 Å². The molecule has 0 saturated carbocycles. The van der Waals surface area contributed by atoms with Gasteiger partial charge in [0.25, 0.3) is 0 Å². The molecule has 0 saturated heterocycles. The summed E-state index contributed by atoms with van der Waals surface area (Å²) >= 11 is 0. The third kappa shape index (κ3) is 10.5. The molecule has 74 heavy (non-hydrogen) atoms. The summed E-state index contributed by atoms with van der Waals surface area (Å²) in [6.45, 7) is 20.9. The Bertz CT molecular complexity index is 3430. The molecule has 0 amide bonds. The maximum Gasteiger partial charge on any atom is 0.0618 e. The topological polar surface area (TPSA) is 6.48 Å². The predicted molar refractivity (Wildman–Crippen MR) is 319 cm³/mol. The molecule has 10 aromatic rings. The Hall–Kier alpha value is -8.20. The van der Waals surface area contributed by atoms with E-state index >= 15 is 0 Å². The lowest BCUT2D eigenvalue weighted by atomic mass is 9.81. The molecular formula is C72H68N2. The number of nitrogens with zero attached hydrogens (tertiary/aromatic N) is 2. The van der Waals surface area contributed by atoms with E-state index < -0.39 is 0 Å². The van der Waals surface area contributed by atoms with Gasteiger partial charge in [-0.2, -0.15) is 0 Å². The molecule has 2 nitrogen and oxygen atoms in total. The monoisotopic (exact) mass is 961 g/mol. The highest BCUT2D eigenvalue weighted by molar-refractivity contribution is 5.99. The summed E-state index contributed by atoms with van der Waals surface area (Å²) in [5, 5.41) is 0. The molecule has 0 fully saturated rings. The number of hydrogen-bond donors (Lipinski definition) is 0. The van der Waals surface area contributed by atoms with Gasteiger partial charge >= 0.3 is 0 Å². The fraction of sp³-hybridized carbons (Fsp3) is 0.167. The Morgan fingerprint density at radius 3 is 0.932 bits per heavy atom. The molecule has 0 N–H and O–H groups in total. The average molecular weight is 961 g/mol. The van der Waals surface area contributed by atoms with Gasteiger partial charge in [-0.15, -0.1) is 0 Å². The van der Waals surface area contributed by atoms with Gasteiger partial charge in [-0.25, -0.2) is 0 Å². The quantitative estimate of drug-likeness (QED) is 0.127. The van der Waals surface area contributed by atoms with Crippen LogP contribution in [0.4, 0.5) is 34.1 Å². The third-order valence-electron chi connectivity index (χ3n) is 14.3. The Morgan fingerprint density at radius 2 is 0.541 bits per heavy atom. The first kappa shape index (κ1) is 49.4. The van der Waals surface area contributed by atoms with Crippen molar-refractivity contribution in [3.63, 3.8) is 0 Å². The maximum atomic E-state index is 2.54. The largest absolute Gasteiger partial charge is 0.310 e. The molecule has 0 radical (unpaired) electrons. The molecule has 2 heteroatoms. The molecule has 366 valence electrons. The number of anilines is 6. The normalized spacial score (nSPS) is 11.9. The van der Waals surface area contributed by atoms with E-state index in [0.29, 0.717) is 0 Å². The van der Waals surface area contributed by atoms with Gasteiger partial charge in [0, 0.05) is 39.4 Å². The molecule has 0 heterocycles. The third-order valence-corrected chi connectivity index (χ3v) is 14.3. The molecule has 0 atom stereocenters. The van der Waals surface area contributed by atoms with Gasteiger partial charge in [-0.05, 0) is 139 Å². The highest BCUT2D eigenvalue weighted by Gasteiger charge is 2.30. The number of hydrogen-bond acceptors (Lipinski definition) is 2. The highest BCUT2D eigenvalue weighted by Crippen LogP contribution is 2.52. The van der Waals surface area contributed by atoms with Gasteiger partial charge < -0.3 is 9.80 Å². The first-order chi connectivity index (χ1) is 35.6. The Kier molecular flexibility index (Phi) is 13.6. The molecule has 0 spiro atoms. The molecule has 0 aliphatic heterocycles. The van der Waals surface area contributed by atoms with E-state index in [0.717, 1.165) is 45.3 Å². The zero-order valence-corrected chi connectivity index (χ0v) is 44.6. The molecule has 10 aromatic carbocycles. The Balaban J connectivity index is 1.31. The zero-order chi connectivity index (χ0) is 51.6. The smallest absolute Gasteiger partial charge is 0.0618 e. The fourth-order valence-electron chi connectivity index (χ4n) is 10.0. The van der Waals surface area contributed by atoms with Crippen LogP contribution in [0.15, 0.2) is 249 Å². The van der Waals surface area contributed by atoms with Crippen LogP contribution in [-0.2, 0) is 16.2 Å². The van der Waals surface area contributed by atoms with Gasteiger partial charge in [0.15, 0.2) is 0 Å². The second kappa shape index (κ2) is 20.4. The van der Waals surface area contributed by atoms with Crippen molar-refractivity contribution in [1.29, 1.82) is 0 Å². The van der Waals surface area contributed by atoms with Crippen molar-refractivity contribution in [3.05, 3.63) is 265 Å². The van der Waals surface area contributed by atoms with Gasteiger partial charge in [-0.1, -0.05) is 244 Å². The standard InChI is InChI=1S/C72H68N2/c1-70(2,3)58-39-44-68(65(47-58)55-29-19-12-20-30-55)73(61-40-35-53(36-41-61)51-25-15-10-16-26-51)63-45-59(71(4,5)6)46-64(50-63)74(62-42-37-54(38-43-62)52-27-17-11-18-28-52)69-66(56-31-21-13-22-32-56)48-60(72(7,8)9)49-67(69)57-33-23-14-24-34-57/h10-50H,1-9H3. The van der Waals surface area contributed by atoms with E-state index in [1.807, 2.05) is 0 Å². The molecular weight excluding hydrogens is 893 g/mol. The summed E-state index contributed by atoms with van der Waals surface area (Å²) in [4.78, 5) is 5.04. The van der Waals surface area contributed by atoms with Gasteiger partial charge in [0.05, 0.1) is 11.4 Å². The summed E-state index contributed by atoms with van der Waals surface area (Å²) in [6.07, 6.45) is 0. The Labute approximate surface area is 441 Å². The van der Waals surface area contributed by atoms with Gasteiger partial charge in [0.2, 0.25) is 0 Å². The van der Waals surface area contributed by atoms with Crippen molar-refractivity contribution in [2.75, 3.05) is 9.80 Å². The van der Waals surface area contributed by atoms with Gasteiger partial charge in [0.1, 0.15) is 0 Å². The SMILES string of the molecule is CC(C)(C)c1cc(N(c2ccc(-c3ccccc3)cc2)c2ccc(C(C)(C)C)cc2-c2ccccc2)cc(N(c2ccc(-c3ccccc3)cc2)c2c(-c3ccccc3)cc(C(C)(C)C)cc2-c2ccccc2)c1. The van der Waals surface area contributed by atoms with E-state index in [-0.39, 0.29) is 16.2 Å². The van der Waals surface area contributed by atoms with Crippen molar-refractivity contribution in [1.82, 2.24) is 0 Å². The van der Waals surface area contributed by atoms with Crippen LogP contribution in [0.25, 0.3) is 55.6 Å². The van der Waals surface area contributed by atoms with Crippen LogP contribution in [0.2, 0.25) is 0 Å². The second-order valence-electron chi connectivity index (χ2n) is 22.7. The minimum absolute atomic E-state index is 0.0600. The summed E-state index contributed by atoms with van der Waals surface area (Å²) in [6, 6.07) is 91.8. The summed E-state index contributed by atoms with van der Waals surface area (Å²) in [7, 11) is 0.